The van der Waals surface area contributed by atoms with Gasteiger partial charge in [0.2, 0.25) is 4.77 Å². The molecule has 0 spiro atoms. The van der Waals surface area contributed by atoms with Crippen LogP contribution in [0.5, 0.6) is 0 Å². The fourth-order valence-corrected chi connectivity index (χ4v) is 3.86. The third kappa shape index (κ3) is 5.03. The summed E-state index contributed by atoms with van der Waals surface area (Å²) in [5.74, 6) is 0.0956. The van der Waals surface area contributed by atoms with Crippen molar-refractivity contribution in [3.8, 4) is 0 Å². The molecule has 1 aliphatic rings. The van der Waals surface area contributed by atoms with Crippen LogP contribution in [-0.2, 0) is 24.4 Å². The van der Waals surface area contributed by atoms with Crippen molar-refractivity contribution in [1.82, 2.24) is 14.3 Å². The number of nitrogens with one attached hydrogen (secondary N) is 3. The number of hydrogen-bond acceptors (Lipinski definition) is 3. The molecule has 0 atom stereocenters. The number of aryl methyl sites for hydroxylation is 2. The predicted octanol–water partition coefficient (Wildman–Crippen LogP) is -0.624. The number of rotatable bonds is 7. The molecule has 1 aromatic carbocycles. The Morgan fingerprint density at radius 2 is 1.89 bits per heavy atom. The van der Waals surface area contributed by atoms with Crippen molar-refractivity contribution >= 4 is 23.8 Å². The number of quaternary nitrogens is 2. The maximum absolute atomic E-state index is 12.4. The highest BCUT2D eigenvalue weighted by atomic mass is 32.1. The molecule has 1 saturated heterocycles. The quantitative estimate of drug-likeness (QED) is 0.552. The molecule has 0 aliphatic carbocycles. The number of para-hydroxylation sites is 1. The molecule has 3 N–H and O–H groups in total. The minimum absolute atomic E-state index is 0.0956. The van der Waals surface area contributed by atoms with Gasteiger partial charge in [-0.05, 0) is 37.2 Å². The molecular weight excluding hydrogens is 360 g/mol. The van der Waals surface area contributed by atoms with Crippen LogP contribution in [0.3, 0.4) is 0 Å². The summed E-state index contributed by atoms with van der Waals surface area (Å²) >= 11 is 5.45. The number of anilines is 1. The van der Waals surface area contributed by atoms with Crippen molar-refractivity contribution in [2.45, 2.75) is 33.5 Å². The van der Waals surface area contributed by atoms with E-state index in [9.17, 15) is 4.79 Å². The molecule has 0 bridgehead atoms. The van der Waals surface area contributed by atoms with E-state index >= 15 is 0 Å². The largest absolute Gasteiger partial charge is 0.321 e. The lowest BCUT2D eigenvalue weighted by molar-refractivity contribution is -1.02. The second kappa shape index (κ2) is 9.25. The van der Waals surface area contributed by atoms with E-state index in [0.717, 1.165) is 56.3 Å². The van der Waals surface area contributed by atoms with Gasteiger partial charge in [-0.3, -0.25) is 4.79 Å². The molecule has 1 aliphatic heterocycles. The minimum Gasteiger partial charge on any atom is -0.321 e. The van der Waals surface area contributed by atoms with E-state index in [2.05, 4.69) is 30.3 Å². The normalized spacial score (nSPS) is 19.8. The van der Waals surface area contributed by atoms with E-state index in [-0.39, 0.29) is 5.91 Å². The summed E-state index contributed by atoms with van der Waals surface area (Å²) in [5, 5.41) is 7.47. The monoisotopic (exact) mass is 390 g/mol. The van der Waals surface area contributed by atoms with Crippen LogP contribution in [0.2, 0.25) is 0 Å². The maximum atomic E-state index is 12.4. The third-order valence-corrected chi connectivity index (χ3v) is 5.70. The minimum atomic E-state index is 0.0956. The Balaban J connectivity index is 1.47. The molecule has 1 fully saturated rings. The number of carbonyl (C=O) groups is 1. The molecule has 0 radical (unpaired) electrons. The second-order valence-corrected chi connectivity index (χ2v) is 7.46. The molecule has 8 heteroatoms. The Morgan fingerprint density at radius 3 is 2.56 bits per heavy atom. The lowest BCUT2D eigenvalue weighted by Crippen LogP contribution is -3.28. The van der Waals surface area contributed by atoms with Crippen LogP contribution in [0.4, 0.5) is 5.69 Å². The van der Waals surface area contributed by atoms with Gasteiger partial charge < -0.3 is 19.7 Å². The first kappa shape index (κ1) is 19.7. The van der Waals surface area contributed by atoms with Gasteiger partial charge in [-0.2, -0.15) is 9.78 Å². The molecule has 2 heterocycles. The zero-order valence-corrected chi connectivity index (χ0v) is 17.0. The summed E-state index contributed by atoms with van der Waals surface area (Å²) in [6.07, 6.45) is 2.73. The zero-order chi connectivity index (χ0) is 19.2. The molecule has 2 aromatic rings. The topological polar surface area (TPSA) is 60.7 Å². The standard InChI is InChI=1S/C19H28N6OS/c1-3-16-7-5-6-8-17(16)21-18(26)13-22-9-11-23(12-10-22)15-25-19(27)24(4-2)14-20-25/h5-8,14H,3-4,9-13,15H2,1-2H3,(H,21,26)/p+2. The number of aromatic nitrogens is 3. The van der Waals surface area contributed by atoms with E-state index in [1.807, 2.05) is 33.8 Å². The van der Waals surface area contributed by atoms with Crippen LogP contribution in [0, 0.1) is 4.77 Å². The van der Waals surface area contributed by atoms with Crippen LogP contribution in [0.15, 0.2) is 30.6 Å². The lowest BCUT2D eigenvalue weighted by Gasteiger charge is -2.29. The molecule has 3 rings (SSSR count). The molecular formula is C19H30N6OS+2. The van der Waals surface area contributed by atoms with Gasteiger partial charge in [-0.1, -0.05) is 25.1 Å². The predicted molar refractivity (Wildman–Crippen MR) is 107 cm³/mol. The Kier molecular flexibility index (Phi) is 6.76. The van der Waals surface area contributed by atoms with Crippen LogP contribution >= 0.6 is 12.2 Å². The van der Waals surface area contributed by atoms with Gasteiger partial charge in [-0.15, -0.1) is 0 Å². The van der Waals surface area contributed by atoms with E-state index < -0.39 is 0 Å². The molecule has 146 valence electrons. The zero-order valence-electron chi connectivity index (χ0n) is 16.2. The molecule has 27 heavy (non-hydrogen) atoms. The Hall–Kier alpha value is -2.03. The number of carbonyl (C=O) groups excluding carboxylic acids is 1. The Bertz CT molecular complexity index is 822. The molecule has 1 aromatic heterocycles. The van der Waals surface area contributed by atoms with Gasteiger partial charge in [-0.25, -0.2) is 0 Å². The van der Waals surface area contributed by atoms with Crippen molar-refractivity contribution in [3.05, 3.63) is 40.9 Å². The van der Waals surface area contributed by atoms with Crippen molar-refractivity contribution in [2.75, 3.05) is 38.0 Å². The van der Waals surface area contributed by atoms with Gasteiger partial charge in [0.25, 0.3) is 5.91 Å². The van der Waals surface area contributed by atoms with E-state index in [1.54, 1.807) is 0 Å². The second-order valence-electron chi connectivity index (χ2n) is 7.09. The fraction of sp³-hybridized carbons (Fsp3) is 0.526. The summed E-state index contributed by atoms with van der Waals surface area (Å²) in [6.45, 7) is 10.4. The third-order valence-electron chi connectivity index (χ3n) is 5.26. The average molecular weight is 391 g/mol. The summed E-state index contributed by atoms with van der Waals surface area (Å²) in [7, 11) is 0. The van der Waals surface area contributed by atoms with Crippen molar-refractivity contribution in [3.63, 3.8) is 0 Å². The Labute approximate surface area is 165 Å². The van der Waals surface area contributed by atoms with Crippen LogP contribution in [0.1, 0.15) is 19.4 Å². The smallest absolute Gasteiger partial charge is 0.279 e. The van der Waals surface area contributed by atoms with Gasteiger partial charge >= 0.3 is 0 Å². The van der Waals surface area contributed by atoms with Gasteiger partial charge in [0.1, 0.15) is 32.5 Å². The SMILES string of the molecule is CCc1ccccc1NC(=O)C[NH+]1CC[NH+](Cn2ncn(CC)c2=S)CC1. The first-order valence-corrected chi connectivity index (χ1v) is 10.2. The summed E-state index contributed by atoms with van der Waals surface area (Å²) in [5.41, 5.74) is 2.12. The highest BCUT2D eigenvalue weighted by molar-refractivity contribution is 7.71. The number of benzene rings is 1. The average Bonchev–Trinajstić information content (AvgIpc) is 3.03. The van der Waals surface area contributed by atoms with Crippen LogP contribution < -0.4 is 15.1 Å². The molecule has 0 saturated carbocycles. The summed E-state index contributed by atoms with van der Waals surface area (Å²) < 4.78 is 4.68. The number of amides is 1. The Morgan fingerprint density at radius 1 is 1.19 bits per heavy atom. The van der Waals surface area contributed by atoms with E-state index in [0.29, 0.717) is 6.54 Å². The molecule has 7 nitrogen and oxygen atoms in total. The lowest BCUT2D eigenvalue weighted by atomic mass is 10.1. The van der Waals surface area contributed by atoms with Crippen LogP contribution in [-0.4, -0.2) is 53.0 Å². The van der Waals surface area contributed by atoms with E-state index in [1.165, 1.54) is 15.4 Å². The van der Waals surface area contributed by atoms with Crippen molar-refractivity contribution in [2.24, 2.45) is 0 Å². The van der Waals surface area contributed by atoms with E-state index in [4.69, 9.17) is 12.2 Å². The van der Waals surface area contributed by atoms with Crippen LogP contribution in [0.25, 0.3) is 0 Å². The molecule has 1 amide bonds. The highest BCUT2D eigenvalue weighted by Gasteiger charge is 2.25. The van der Waals surface area contributed by atoms with Crippen molar-refractivity contribution < 1.29 is 14.6 Å². The number of hydrogen-bond donors (Lipinski definition) is 3. The van der Waals surface area contributed by atoms with Gasteiger partial charge in [0.05, 0.1) is 0 Å². The number of piperazine rings is 1. The molecule has 0 unspecified atom stereocenters. The highest BCUT2D eigenvalue weighted by Crippen LogP contribution is 2.14. The van der Waals surface area contributed by atoms with Crippen molar-refractivity contribution in [1.29, 1.82) is 0 Å². The summed E-state index contributed by atoms with van der Waals surface area (Å²) in [4.78, 5) is 15.2. The summed E-state index contributed by atoms with van der Waals surface area (Å²) in [6, 6.07) is 8.02. The maximum Gasteiger partial charge on any atom is 0.279 e. The van der Waals surface area contributed by atoms with Gasteiger partial charge in [0.15, 0.2) is 13.2 Å². The van der Waals surface area contributed by atoms with Gasteiger partial charge in [0, 0.05) is 12.2 Å². The first-order chi connectivity index (χ1) is 13.1. The fourth-order valence-electron chi connectivity index (χ4n) is 3.57. The number of nitrogens with zero attached hydrogens (tertiary/aromatic N) is 3. The first-order valence-electron chi connectivity index (χ1n) is 9.77.